The molecule has 1 aromatic heterocycles. The van der Waals surface area contributed by atoms with Crippen molar-refractivity contribution in [2.75, 3.05) is 13.2 Å². The van der Waals surface area contributed by atoms with E-state index in [-0.39, 0.29) is 6.04 Å². The zero-order chi connectivity index (χ0) is 14.2. The standard InChI is InChI=1S/C16H19N3O/c1-2-8-18-14(12-17)7-10-20-15-6-5-13-4-3-9-19-16(13)11-15/h3-6,9,11,14,18H,2,7-8,10H2,1H3. The normalized spacial score (nSPS) is 12.0. The minimum atomic E-state index is -0.145. The first-order chi connectivity index (χ1) is 9.83. The highest BCUT2D eigenvalue weighted by Crippen LogP contribution is 2.18. The number of rotatable bonds is 7. The van der Waals surface area contributed by atoms with Crippen LogP contribution in [-0.2, 0) is 0 Å². The lowest BCUT2D eigenvalue weighted by Gasteiger charge is -2.11. The van der Waals surface area contributed by atoms with Crippen molar-refractivity contribution in [3.63, 3.8) is 0 Å². The van der Waals surface area contributed by atoms with Gasteiger partial charge in [0.1, 0.15) is 5.75 Å². The van der Waals surface area contributed by atoms with Crippen molar-refractivity contribution >= 4 is 10.9 Å². The minimum absolute atomic E-state index is 0.145. The predicted octanol–water partition coefficient (Wildman–Crippen LogP) is 2.90. The molecular formula is C16H19N3O. The van der Waals surface area contributed by atoms with Crippen molar-refractivity contribution < 1.29 is 4.74 Å². The van der Waals surface area contributed by atoms with Gasteiger partial charge in [0.05, 0.1) is 24.2 Å². The highest BCUT2D eigenvalue weighted by Gasteiger charge is 2.06. The Morgan fingerprint density at radius 1 is 1.40 bits per heavy atom. The first-order valence-corrected chi connectivity index (χ1v) is 6.94. The molecule has 0 fully saturated rings. The van der Waals surface area contributed by atoms with Crippen LogP contribution in [0.25, 0.3) is 10.9 Å². The quantitative estimate of drug-likeness (QED) is 0.839. The molecule has 1 heterocycles. The van der Waals surface area contributed by atoms with E-state index in [1.807, 2.05) is 30.3 Å². The van der Waals surface area contributed by atoms with Gasteiger partial charge in [0.2, 0.25) is 0 Å². The van der Waals surface area contributed by atoms with Crippen LogP contribution in [0.3, 0.4) is 0 Å². The fourth-order valence-electron chi connectivity index (χ4n) is 1.96. The summed E-state index contributed by atoms with van der Waals surface area (Å²) in [5.41, 5.74) is 0.922. The van der Waals surface area contributed by atoms with Gasteiger partial charge in [0.25, 0.3) is 0 Å². The van der Waals surface area contributed by atoms with Crippen LogP contribution in [0.2, 0.25) is 0 Å². The minimum Gasteiger partial charge on any atom is -0.493 e. The van der Waals surface area contributed by atoms with Crippen LogP contribution in [-0.4, -0.2) is 24.2 Å². The Bertz CT molecular complexity index is 592. The van der Waals surface area contributed by atoms with E-state index in [1.165, 1.54) is 0 Å². The van der Waals surface area contributed by atoms with Gasteiger partial charge in [-0.2, -0.15) is 5.26 Å². The van der Waals surface area contributed by atoms with Gasteiger partial charge in [0, 0.05) is 24.1 Å². The molecule has 0 spiro atoms. The molecule has 1 unspecified atom stereocenters. The zero-order valence-corrected chi connectivity index (χ0v) is 11.7. The van der Waals surface area contributed by atoms with E-state index in [1.54, 1.807) is 6.20 Å². The van der Waals surface area contributed by atoms with Crippen LogP contribution in [0, 0.1) is 11.3 Å². The number of hydrogen-bond donors (Lipinski definition) is 1. The van der Waals surface area contributed by atoms with Gasteiger partial charge in [0.15, 0.2) is 0 Å². The highest BCUT2D eigenvalue weighted by molar-refractivity contribution is 5.79. The molecule has 1 aromatic carbocycles. The molecule has 104 valence electrons. The fourth-order valence-corrected chi connectivity index (χ4v) is 1.96. The van der Waals surface area contributed by atoms with Crippen LogP contribution in [0.15, 0.2) is 36.5 Å². The third-order valence-corrected chi connectivity index (χ3v) is 3.05. The SMILES string of the molecule is CCCNC(C#N)CCOc1ccc2cccnc2c1. The van der Waals surface area contributed by atoms with E-state index in [0.717, 1.165) is 29.6 Å². The zero-order valence-electron chi connectivity index (χ0n) is 11.7. The molecule has 0 aliphatic heterocycles. The number of hydrogen-bond acceptors (Lipinski definition) is 4. The summed E-state index contributed by atoms with van der Waals surface area (Å²) in [7, 11) is 0. The summed E-state index contributed by atoms with van der Waals surface area (Å²) in [5.74, 6) is 0.795. The molecule has 2 aromatic rings. The summed E-state index contributed by atoms with van der Waals surface area (Å²) in [6.45, 7) is 3.46. The number of pyridine rings is 1. The molecule has 0 saturated carbocycles. The fraction of sp³-hybridized carbons (Fsp3) is 0.375. The third kappa shape index (κ3) is 3.94. The van der Waals surface area contributed by atoms with Crippen molar-refractivity contribution in [1.29, 1.82) is 5.26 Å². The molecule has 0 amide bonds. The molecule has 0 radical (unpaired) electrons. The maximum absolute atomic E-state index is 9.01. The number of ether oxygens (including phenoxy) is 1. The first kappa shape index (κ1) is 14.3. The lowest BCUT2D eigenvalue weighted by molar-refractivity contribution is 0.298. The molecule has 0 aliphatic carbocycles. The Morgan fingerprint density at radius 2 is 2.30 bits per heavy atom. The first-order valence-electron chi connectivity index (χ1n) is 6.94. The van der Waals surface area contributed by atoms with Gasteiger partial charge < -0.3 is 10.1 Å². The van der Waals surface area contributed by atoms with E-state index < -0.39 is 0 Å². The van der Waals surface area contributed by atoms with E-state index in [2.05, 4.69) is 23.3 Å². The smallest absolute Gasteiger partial charge is 0.121 e. The predicted molar refractivity (Wildman–Crippen MR) is 79.5 cm³/mol. The Labute approximate surface area is 119 Å². The average Bonchev–Trinajstić information content (AvgIpc) is 2.50. The largest absolute Gasteiger partial charge is 0.493 e. The third-order valence-electron chi connectivity index (χ3n) is 3.05. The van der Waals surface area contributed by atoms with Crippen LogP contribution in [0.5, 0.6) is 5.75 Å². The van der Waals surface area contributed by atoms with Crippen molar-refractivity contribution in [2.24, 2.45) is 0 Å². The average molecular weight is 269 g/mol. The lowest BCUT2D eigenvalue weighted by Crippen LogP contribution is -2.29. The molecule has 1 N–H and O–H groups in total. The van der Waals surface area contributed by atoms with E-state index >= 15 is 0 Å². The molecule has 20 heavy (non-hydrogen) atoms. The van der Waals surface area contributed by atoms with Gasteiger partial charge >= 0.3 is 0 Å². The molecule has 0 saturated heterocycles. The lowest BCUT2D eigenvalue weighted by atomic mass is 10.2. The molecule has 0 aliphatic rings. The summed E-state index contributed by atoms with van der Waals surface area (Å²) in [4.78, 5) is 4.30. The summed E-state index contributed by atoms with van der Waals surface area (Å²) in [6, 6.07) is 11.9. The number of benzene rings is 1. The summed E-state index contributed by atoms with van der Waals surface area (Å²) < 4.78 is 5.70. The second-order valence-corrected chi connectivity index (χ2v) is 4.63. The van der Waals surface area contributed by atoms with Gasteiger partial charge in [-0.15, -0.1) is 0 Å². The number of nitrogens with one attached hydrogen (secondary N) is 1. The number of fused-ring (bicyclic) bond motifs is 1. The van der Waals surface area contributed by atoms with Crippen LogP contribution >= 0.6 is 0 Å². The van der Waals surface area contributed by atoms with Crippen molar-refractivity contribution in [3.05, 3.63) is 36.5 Å². The highest BCUT2D eigenvalue weighted by atomic mass is 16.5. The number of nitriles is 1. The maximum atomic E-state index is 9.01. The molecule has 4 nitrogen and oxygen atoms in total. The van der Waals surface area contributed by atoms with Crippen LogP contribution < -0.4 is 10.1 Å². The Hall–Kier alpha value is -2.12. The summed E-state index contributed by atoms with van der Waals surface area (Å²) in [6.07, 6.45) is 3.47. The van der Waals surface area contributed by atoms with E-state index in [0.29, 0.717) is 13.0 Å². The Balaban J connectivity index is 1.87. The number of aromatic nitrogens is 1. The Kier molecular flexibility index (Phi) is 5.33. The monoisotopic (exact) mass is 269 g/mol. The topological polar surface area (TPSA) is 57.9 Å². The Morgan fingerprint density at radius 3 is 3.10 bits per heavy atom. The second-order valence-electron chi connectivity index (χ2n) is 4.63. The van der Waals surface area contributed by atoms with Gasteiger partial charge in [-0.05, 0) is 31.2 Å². The molecule has 0 bridgehead atoms. The second kappa shape index (κ2) is 7.46. The summed E-state index contributed by atoms with van der Waals surface area (Å²) in [5, 5.41) is 13.3. The van der Waals surface area contributed by atoms with E-state index in [4.69, 9.17) is 10.00 Å². The van der Waals surface area contributed by atoms with Crippen molar-refractivity contribution in [3.8, 4) is 11.8 Å². The summed E-state index contributed by atoms with van der Waals surface area (Å²) >= 11 is 0. The molecule has 2 rings (SSSR count). The van der Waals surface area contributed by atoms with Crippen LogP contribution in [0.1, 0.15) is 19.8 Å². The van der Waals surface area contributed by atoms with Gasteiger partial charge in [-0.3, -0.25) is 4.98 Å². The molecular weight excluding hydrogens is 250 g/mol. The molecule has 4 heteroatoms. The van der Waals surface area contributed by atoms with Crippen molar-refractivity contribution in [2.45, 2.75) is 25.8 Å². The van der Waals surface area contributed by atoms with Gasteiger partial charge in [-0.25, -0.2) is 0 Å². The van der Waals surface area contributed by atoms with Crippen molar-refractivity contribution in [1.82, 2.24) is 10.3 Å². The molecule has 1 atom stereocenters. The maximum Gasteiger partial charge on any atom is 0.121 e. The number of nitrogens with zero attached hydrogens (tertiary/aromatic N) is 2. The van der Waals surface area contributed by atoms with Crippen LogP contribution in [0.4, 0.5) is 0 Å². The van der Waals surface area contributed by atoms with E-state index in [9.17, 15) is 0 Å². The van der Waals surface area contributed by atoms with Gasteiger partial charge in [-0.1, -0.05) is 13.0 Å².